The van der Waals surface area contributed by atoms with Gasteiger partial charge in [0.2, 0.25) is 0 Å². The second-order valence-corrected chi connectivity index (χ2v) is 5.36. The Balaban J connectivity index is 1.75. The van der Waals surface area contributed by atoms with Gasteiger partial charge in [-0.15, -0.1) is 0 Å². The molecule has 3 N–H and O–H groups in total. The van der Waals surface area contributed by atoms with Crippen molar-refractivity contribution < 1.29 is 9.90 Å². The molecule has 0 saturated heterocycles. The fourth-order valence-corrected chi connectivity index (χ4v) is 2.83. The van der Waals surface area contributed by atoms with E-state index in [4.69, 9.17) is 0 Å². The highest BCUT2D eigenvalue weighted by Gasteiger charge is 2.31. The van der Waals surface area contributed by atoms with E-state index in [1.54, 1.807) is 0 Å². The van der Waals surface area contributed by atoms with Crippen molar-refractivity contribution in [2.24, 2.45) is 0 Å². The minimum atomic E-state index is -0.707. The van der Waals surface area contributed by atoms with E-state index in [1.807, 2.05) is 30.5 Å². The molecule has 2 aromatic rings. The van der Waals surface area contributed by atoms with E-state index in [0.717, 1.165) is 36.6 Å². The van der Waals surface area contributed by atoms with Gasteiger partial charge in [-0.2, -0.15) is 0 Å². The largest absolute Gasteiger partial charge is 0.388 e. The molecule has 1 fully saturated rings. The molecule has 4 heteroatoms. The minimum absolute atomic E-state index is 0.120. The molecular weight excluding hydrogens is 240 g/mol. The van der Waals surface area contributed by atoms with Crippen LogP contribution in [0.5, 0.6) is 0 Å². The third-order valence-corrected chi connectivity index (χ3v) is 3.95. The molecule has 0 unspecified atom stereocenters. The first-order chi connectivity index (χ1) is 9.18. The van der Waals surface area contributed by atoms with Crippen LogP contribution in [0.4, 0.5) is 0 Å². The summed E-state index contributed by atoms with van der Waals surface area (Å²) in [5.74, 6) is -0.120. The maximum Gasteiger partial charge on any atom is 0.252 e. The van der Waals surface area contributed by atoms with Crippen LogP contribution in [0.25, 0.3) is 10.9 Å². The van der Waals surface area contributed by atoms with Crippen molar-refractivity contribution >= 4 is 16.8 Å². The third-order valence-electron chi connectivity index (χ3n) is 3.95. The van der Waals surface area contributed by atoms with Gasteiger partial charge in [0.1, 0.15) is 0 Å². The first kappa shape index (κ1) is 12.2. The molecule has 3 rings (SSSR count). The number of H-pyrrole nitrogens is 1. The van der Waals surface area contributed by atoms with Gasteiger partial charge in [0, 0.05) is 29.2 Å². The molecule has 1 saturated carbocycles. The van der Waals surface area contributed by atoms with Gasteiger partial charge in [0.15, 0.2) is 0 Å². The molecule has 1 amide bonds. The van der Waals surface area contributed by atoms with Gasteiger partial charge in [-0.05, 0) is 31.0 Å². The van der Waals surface area contributed by atoms with Crippen LogP contribution >= 0.6 is 0 Å². The molecule has 1 aliphatic rings. The van der Waals surface area contributed by atoms with Crippen molar-refractivity contribution in [3.63, 3.8) is 0 Å². The summed E-state index contributed by atoms with van der Waals surface area (Å²) < 4.78 is 0. The van der Waals surface area contributed by atoms with Crippen LogP contribution in [-0.2, 0) is 0 Å². The monoisotopic (exact) mass is 258 g/mol. The second kappa shape index (κ2) is 4.70. The Kier molecular flexibility index (Phi) is 3.03. The van der Waals surface area contributed by atoms with E-state index in [-0.39, 0.29) is 5.91 Å². The van der Waals surface area contributed by atoms with Gasteiger partial charge in [0.25, 0.3) is 5.91 Å². The summed E-state index contributed by atoms with van der Waals surface area (Å²) in [6, 6.07) is 7.51. The Morgan fingerprint density at radius 3 is 2.89 bits per heavy atom. The van der Waals surface area contributed by atoms with Crippen molar-refractivity contribution in [1.82, 2.24) is 10.3 Å². The summed E-state index contributed by atoms with van der Waals surface area (Å²) in [4.78, 5) is 15.3. The van der Waals surface area contributed by atoms with Crippen LogP contribution in [0.15, 0.2) is 30.5 Å². The van der Waals surface area contributed by atoms with Crippen molar-refractivity contribution in [3.05, 3.63) is 36.0 Å². The highest BCUT2D eigenvalue weighted by atomic mass is 16.3. The first-order valence-electron chi connectivity index (χ1n) is 6.75. The summed E-state index contributed by atoms with van der Waals surface area (Å²) in [7, 11) is 0. The Labute approximate surface area is 111 Å². The lowest BCUT2D eigenvalue weighted by Gasteiger charge is -2.22. The molecule has 100 valence electrons. The number of fused-ring (bicyclic) bond motifs is 1. The lowest BCUT2D eigenvalue weighted by atomic mass is 10.0. The number of carbonyl (C=O) groups excluding carboxylic acids is 1. The minimum Gasteiger partial charge on any atom is -0.388 e. The highest BCUT2D eigenvalue weighted by Crippen LogP contribution is 2.28. The van der Waals surface area contributed by atoms with E-state index < -0.39 is 5.60 Å². The predicted molar refractivity (Wildman–Crippen MR) is 74.0 cm³/mol. The van der Waals surface area contributed by atoms with E-state index in [2.05, 4.69) is 10.3 Å². The van der Waals surface area contributed by atoms with Crippen LogP contribution in [0.2, 0.25) is 0 Å². The Morgan fingerprint density at radius 1 is 1.32 bits per heavy atom. The molecule has 1 heterocycles. The molecule has 4 nitrogen and oxygen atoms in total. The fraction of sp³-hybridized carbons (Fsp3) is 0.400. The molecular formula is C15H18N2O2. The molecule has 0 spiro atoms. The standard InChI is InChI=1S/C15H18N2O2/c18-14(17-10-15(19)7-1-2-8-15)12-4-3-5-13-11(12)6-9-16-13/h3-6,9,16,19H,1-2,7-8,10H2,(H,17,18). The lowest BCUT2D eigenvalue weighted by molar-refractivity contribution is 0.0450. The zero-order chi connectivity index (χ0) is 13.3. The topological polar surface area (TPSA) is 65.1 Å². The molecule has 0 radical (unpaired) electrons. The number of nitrogens with one attached hydrogen (secondary N) is 2. The maximum absolute atomic E-state index is 12.2. The number of hydrogen-bond donors (Lipinski definition) is 3. The fourth-order valence-electron chi connectivity index (χ4n) is 2.83. The quantitative estimate of drug-likeness (QED) is 0.790. The number of rotatable bonds is 3. The summed E-state index contributed by atoms with van der Waals surface area (Å²) in [6.45, 7) is 0.340. The van der Waals surface area contributed by atoms with Gasteiger partial charge >= 0.3 is 0 Å². The number of carbonyl (C=O) groups is 1. The Hall–Kier alpha value is -1.81. The van der Waals surface area contributed by atoms with Crippen LogP contribution in [0.3, 0.4) is 0 Å². The van der Waals surface area contributed by atoms with E-state index >= 15 is 0 Å². The summed E-state index contributed by atoms with van der Waals surface area (Å²) in [6.07, 6.45) is 5.47. The third kappa shape index (κ3) is 2.36. The van der Waals surface area contributed by atoms with Crippen LogP contribution in [0, 0.1) is 0 Å². The smallest absolute Gasteiger partial charge is 0.252 e. The van der Waals surface area contributed by atoms with Gasteiger partial charge in [0.05, 0.1) is 5.60 Å². The van der Waals surface area contributed by atoms with Crippen LogP contribution < -0.4 is 5.32 Å². The predicted octanol–water partition coefficient (Wildman–Crippen LogP) is 2.20. The van der Waals surface area contributed by atoms with E-state index in [9.17, 15) is 9.90 Å². The van der Waals surface area contributed by atoms with Gasteiger partial charge < -0.3 is 15.4 Å². The highest BCUT2D eigenvalue weighted by molar-refractivity contribution is 6.06. The van der Waals surface area contributed by atoms with Crippen molar-refractivity contribution in [2.75, 3.05) is 6.54 Å². The number of aromatic nitrogens is 1. The maximum atomic E-state index is 12.2. The number of aromatic amines is 1. The average molecular weight is 258 g/mol. The second-order valence-electron chi connectivity index (χ2n) is 5.36. The molecule has 0 aliphatic heterocycles. The molecule has 1 aromatic carbocycles. The molecule has 0 atom stereocenters. The van der Waals surface area contributed by atoms with Gasteiger partial charge in [-0.3, -0.25) is 4.79 Å². The molecule has 1 aromatic heterocycles. The normalized spacial score (nSPS) is 17.7. The van der Waals surface area contributed by atoms with Crippen LogP contribution in [0.1, 0.15) is 36.0 Å². The molecule has 0 bridgehead atoms. The van der Waals surface area contributed by atoms with Gasteiger partial charge in [-0.1, -0.05) is 18.9 Å². The SMILES string of the molecule is O=C(NCC1(O)CCCC1)c1cccc2[nH]ccc12. The zero-order valence-electron chi connectivity index (χ0n) is 10.8. The average Bonchev–Trinajstić information content (AvgIpc) is 3.04. The lowest BCUT2D eigenvalue weighted by Crippen LogP contribution is -2.40. The Morgan fingerprint density at radius 2 is 2.11 bits per heavy atom. The first-order valence-corrected chi connectivity index (χ1v) is 6.75. The van der Waals surface area contributed by atoms with Crippen LogP contribution in [-0.4, -0.2) is 28.1 Å². The number of hydrogen-bond acceptors (Lipinski definition) is 2. The number of aliphatic hydroxyl groups is 1. The zero-order valence-corrected chi connectivity index (χ0v) is 10.8. The molecule has 1 aliphatic carbocycles. The van der Waals surface area contributed by atoms with E-state index in [1.165, 1.54) is 0 Å². The van der Waals surface area contributed by atoms with Crippen molar-refractivity contribution in [3.8, 4) is 0 Å². The number of benzene rings is 1. The summed E-state index contributed by atoms with van der Waals surface area (Å²) in [5, 5.41) is 14.0. The summed E-state index contributed by atoms with van der Waals surface area (Å²) >= 11 is 0. The Bertz CT molecular complexity index is 597. The van der Waals surface area contributed by atoms with Crippen molar-refractivity contribution in [1.29, 1.82) is 0 Å². The van der Waals surface area contributed by atoms with E-state index in [0.29, 0.717) is 12.1 Å². The van der Waals surface area contributed by atoms with Gasteiger partial charge in [-0.25, -0.2) is 0 Å². The molecule has 19 heavy (non-hydrogen) atoms. The van der Waals surface area contributed by atoms with Crippen molar-refractivity contribution in [2.45, 2.75) is 31.3 Å². The number of amides is 1. The summed E-state index contributed by atoms with van der Waals surface area (Å²) in [5.41, 5.74) is 0.898.